The van der Waals surface area contributed by atoms with Gasteiger partial charge >= 0.3 is 0 Å². The van der Waals surface area contributed by atoms with E-state index in [0.29, 0.717) is 5.92 Å². The van der Waals surface area contributed by atoms with Gasteiger partial charge in [0.1, 0.15) is 5.56 Å². The summed E-state index contributed by atoms with van der Waals surface area (Å²) in [6.45, 7) is 8.75. The second kappa shape index (κ2) is 5.30. The summed E-state index contributed by atoms with van der Waals surface area (Å²) in [5, 5.41) is 0. The number of hydrogen-bond acceptors (Lipinski definition) is 0. The van der Waals surface area contributed by atoms with Crippen LogP contribution in [0.3, 0.4) is 0 Å². The van der Waals surface area contributed by atoms with E-state index in [9.17, 15) is 0 Å². The van der Waals surface area contributed by atoms with Crippen molar-refractivity contribution in [1.82, 2.24) is 0 Å². The Hall–Kier alpha value is -1.69. The average Bonchev–Trinajstić information content (AvgIpc) is 2.38. The first kappa shape index (κ1) is 12.8. The first-order chi connectivity index (χ1) is 8.58. The van der Waals surface area contributed by atoms with Crippen molar-refractivity contribution in [1.29, 1.82) is 0 Å². The highest BCUT2D eigenvalue weighted by Gasteiger charge is 2.14. The summed E-state index contributed by atoms with van der Waals surface area (Å²) in [6.07, 6.45) is 0. The van der Waals surface area contributed by atoms with Crippen LogP contribution in [0, 0.1) is 12.8 Å². The summed E-state index contributed by atoms with van der Waals surface area (Å²) in [5.41, 5.74) is 5.45. The molecule has 0 heteroatoms. The quantitative estimate of drug-likeness (QED) is 0.651. The van der Waals surface area contributed by atoms with Crippen LogP contribution in [-0.4, -0.2) is 0 Å². The van der Waals surface area contributed by atoms with Crippen LogP contribution in [0.15, 0.2) is 48.5 Å². The topological polar surface area (TPSA) is 0 Å². The van der Waals surface area contributed by atoms with Gasteiger partial charge in [-0.25, -0.2) is 0 Å². The van der Waals surface area contributed by atoms with Gasteiger partial charge in [-0.15, -0.1) is 0 Å². The van der Waals surface area contributed by atoms with E-state index >= 15 is 0 Å². The second-order valence-electron chi connectivity index (χ2n) is 5.26. The smallest absolute Gasteiger partial charge is 0.0617 e. The van der Waals surface area contributed by atoms with Crippen LogP contribution >= 0.6 is 0 Å². The maximum absolute atomic E-state index is 2.31. The highest BCUT2D eigenvalue weighted by atomic mass is 14.1. The first-order valence-electron chi connectivity index (χ1n) is 6.55. The molecule has 0 nitrogen and oxygen atoms in total. The second-order valence-corrected chi connectivity index (χ2v) is 5.26. The van der Waals surface area contributed by atoms with Crippen LogP contribution < -0.4 is 0 Å². The molecule has 1 unspecified atom stereocenters. The van der Waals surface area contributed by atoms with E-state index in [4.69, 9.17) is 0 Å². The molecule has 0 radical (unpaired) electrons. The van der Waals surface area contributed by atoms with Crippen molar-refractivity contribution in [2.45, 2.75) is 33.6 Å². The fraction of sp³-hybridized carbons (Fsp3) is 0.278. The lowest BCUT2D eigenvalue weighted by atomic mass is 9.89. The summed E-state index contributed by atoms with van der Waals surface area (Å²) in [6, 6.07) is 17.7. The molecule has 0 aliphatic heterocycles. The summed E-state index contributed by atoms with van der Waals surface area (Å²) in [7, 11) is 0. The van der Waals surface area contributed by atoms with Crippen molar-refractivity contribution in [2.24, 2.45) is 0 Å². The van der Waals surface area contributed by atoms with E-state index < -0.39 is 0 Å². The van der Waals surface area contributed by atoms with Crippen LogP contribution in [-0.2, 0) is 0 Å². The third-order valence-corrected chi connectivity index (χ3v) is 3.51. The molecule has 2 aromatic carbocycles. The summed E-state index contributed by atoms with van der Waals surface area (Å²) in [4.78, 5) is 0. The van der Waals surface area contributed by atoms with Crippen molar-refractivity contribution in [3.8, 4) is 0 Å². The molecule has 0 fully saturated rings. The highest BCUT2D eigenvalue weighted by molar-refractivity contribution is 5.39. The predicted octanol–water partition coefficient (Wildman–Crippen LogP) is 5.11. The van der Waals surface area contributed by atoms with Crippen LogP contribution in [0.1, 0.15) is 48.9 Å². The average molecular weight is 237 g/mol. The lowest BCUT2D eigenvalue weighted by Gasteiger charge is -2.12. The van der Waals surface area contributed by atoms with E-state index in [0.717, 1.165) is 0 Å². The maximum Gasteiger partial charge on any atom is 0.132 e. The third kappa shape index (κ3) is 2.76. The Morgan fingerprint density at radius 1 is 0.889 bits per heavy atom. The van der Waals surface area contributed by atoms with Gasteiger partial charge in [0.25, 0.3) is 0 Å². The van der Waals surface area contributed by atoms with Crippen LogP contribution in [0.4, 0.5) is 0 Å². The summed E-state index contributed by atoms with van der Waals surface area (Å²) >= 11 is 0. The largest absolute Gasteiger partial charge is 0.132 e. The van der Waals surface area contributed by atoms with Crippen molar-refractivity contribution < 1.29 is 0 Å². The third-order valence-electron chi connectivity index (χ3n) is 3.51. The molecule has 0 amide bonds. The van der Waals surface area contributed by atoms with Gasteiger partial charge in [0.2, 0.25) is 0 Å². The predicted molar refractivity (Wildman–Crippen MR) is 78.8 cm³/mol. The van der Waals surface area contributed by atoms with Gasteiger partial charge in [-0.2, -0.15) is 0 Å². The Kier molecular flexibility index (Phi) is 3.76. The standard InChI is InChI=1S/C18H21/c1-13(2)16-8-6-10-18(12-16)15(4)17-9-5-7-14(3)11-17/h5-12,15H,1-4H3/q+1. The lowest BCUT2D eigenvalue weighted by molar-refractivity contribution is 0.915. The summed E-state index contributed by atoms with van der Waals surface area (Å²) in [5.74, 6) is 1.82. The zero-order valence-electron chi connectivity index (χ0n) is 11.7. The molecule has 1 atom stereocenters. The molecule has 0 saturated carbocycles. The molecule has 0 saturated heterocycles. The van der Waals surface area contributed by atoms with E-state index in [1.807, 2.05) is 0 Å². The highest BCUT2D eigenvalue weighted by Crippen LogP contribution is 2.26. The van der Waals surface area contributed by atoms with E-state index in [1.54, 1.807) is 0 Å². The Morgan fingerprint density at radius 3 is 2.11 bits per heavy atom. The lowest BCUT2D eigenvalue weighted by Crippen LogP contribution is -1.98. The molecule has 0 heterocycles. The van der Waals surface area contributed by atoms with Gasteiger partial charge in [0.15, 0.2) is 0 Å². The molecule has 0 aromatic heterocycles. The van der Waals surface area contributed by atoms with Crippen LogP contribution in [0.2, 0.25) is 0 Å². The number of aryl methyl sites for hydroxylation is 1. The molecule has 2 aromatic rings. The van der Waals surface area contributed by atoms with Gasteiger partial charge in [-0.1, -0.05) is 36.8 Å². The molecular formula is C18H21+. The molecule has 0 bridgehead atoms. The Bertz CT molecular complexity index is 523. The van der Waals surface area contributed by atoms with Gasteiger partial charge in [-0.3, -0.25) is 0 Å². The SMILES string of the molecule is Cc1cccc(C(C)c2cccc([C+](C)C)c2)c1. The normalized spacial score (nSPS) is 12.2. The van der Waals surface area contributed by atoms with Crippen molar-refractivity contribution in [3.05, 3.63) is 76.7 Å². The molecular weight excluding hydrogens is 216 g/mol. The Balaban J connectivity index is 2.33. The first-order valence-corrected chi connectivity index (χ1v) is 6.55. The molecule has 0 spiro atoms. The van der Waals surface area contributed by atoms with Crippen LogP contribution in [0.5, 0.6) is 0 Å². The minimum Gasteiger partial charge on any atom is -0.0617 e. The van der Waals surface area contributed by atoms with E-state index in [2.05, 4.69) is 76.2 Å². The van der Waals surface area contributed by atoms with Crippen molar-refractivity contribution in [2.75, 3.05) is 0 Å². The minimum atomic E-state index is 0.448. The van der Waals surface area contributed by atoms with E-state index in [-0.39, 0.29) is 0 Å². The Morgan fingerprint density at radius 2 is 1.50 bits per heavy atom. The number of hydrogen-bond donors (Lipinski definition) is 0. The molecule has 0 aliphatic rings. The minimum absolute atomic E-state index is 0.448. The number of rotatable bonds is 3. The molecule has 0 aliphatic carbocycles. The maximum atomic E-state index is 2.31. The number of benzene rings is 2. The molecule has 2 rings (SSSR count). The molecule has 18 heavy (non-hydrogen) atoms. The van der Waals surface area contributed by atoms with Gasteiger partial charge in [0, 0.05) is 43.4 Å². The molecule has 0 N–H and O–H groups in total. The van der Waals surface area contributed by atoms with Gasteiger partial charge in [0.05, 0.1) is 0 Å². The van der Waals surface area contributed by atoms with E-state index in [1.165, 1.54) is 28.2 Å². The fourth-order valence-electron chi connectivity index (χ4n) is 2.25. The van der Waals surface area contributed by atoms with Crippen molar-refractivity contribution in [3.63, 3.8) is 0 Å². The Labute approximate surface area is 111 Å². The fourth-order valence-corrected chi connectivity index (χ4v) is 2.25. The molecule has 92 valence electrons. The monoisotopic (exact) mass is 237 g/mol. The van der Waals surface area contributed by atoms with Gasteiger partial charge < -0.3 is 0 Å². The zero-order chi connectivity index (χ0) is 13.1. The van der Waals surface area contributed by atoms with Gasteiger partial charge in [-0.05, 0) is 24.6 Å². The van der Waals surface area contributed by atoms with Crippen LogP contribution in [0.25, 0.3) is 0 Å². The summed E-state index contributed by atoms with van der Waals surface area (Å²) < 4.78 is 0. The van der Waals surface area contributed by atoms with Crippen molar-refractivity contribution >= 4 is 0 Å². The zero-order valence-corrected chi connectivity index (χ0v) is 11.7.